The number of allylic oxidation sites excluding steroid dienone is 3. The predicted molar refractivity (Wildman–Crippen MR) is 42.2 cm³/mol. The Morgan fingerprint density at radius 2 is 1.89 bits per heavy atom. The standard InChI is InChI=1S/C8H15N/c1-2-3-4-5-6-7-8-9/h4-7H,2-3,8-9H2,1H3/b5-4+,7-6-. The minimum Gasteiger partial charge on any atom is -0.327 e. The first-order chi connectivity index (χ1) is 4.41. The highest BCUT2D eigenvalue weighted by Gasteiger charge is 1.68. The van der Waals surface area contributed by atoms with Crippen LogP contribution in [0.4, 0.5) is 0 Å². The molecule has 52 valence electrons. The molecule has 0 fully saturated rings. The molecule has 9 heavy (non-hydrogen) atoms. The number of unbranched alkanes of at least 4 members (excludes halogenated alkanes) is 1. The molecule has 2 N–H and O–H groups in total. The molecule has 0 amide bonds. The van der Waals surface area contributed by atoms with Crippen molar-refractivity contribution in [2.75, 3.05) is 6.54 Å². The minimum absolute atomic E-state index is 0.635. The average molecular weight is 125 g/mol. The molecule has 0 bridgehead atoms. The Morgan fingerprint density at radius 1 is 1.22 bits per heavy atom. The monoisotopic (exact) mass is 125 g/mol. The van der Waals surface area contributed by atoms with E-state index in [4.69, 9.17) is 5.73 Å². The average Bonchev–Trinajstić information content (AvgIpc) is 1.89. The SMILES string of the molecule is CCC/C=C/C=C\CN. The van der Waals surface area contributed by atoms with Crippen LogP contribution in [0.5, 0.6) is 0 Å². The van der Waals surface area contributed by atoms with Crippen molar-refractivity contribution in [3.63, 3.8) is 0 Å². The fraction of sp³-hybridized carbons (Fsp3) is 0.500. The summed E-state index contributed by atoms with van der Waals surface area (Å²) in [5.74, 6) is 0. The Labute approximate surface area is 57.3 Å². The van der Waals surface area contributed by atoms with Gasteiger partial charge >= 0.3 is 0 Å². The van der Waals surface area contributed by atoms with E-state index in [0.29, 0.717) is 6.54 Å². The third-order valence-electron chi connectivity index (χ3n) is 0.975. The number of nitrogens with two attached hydrogens (primary N) is 1. The summed E-state index contributed by atoms with van der Waals surface area (Å²) < 4.78 is 0. The van der Waals surface area contributed by atoms with Crippen LogP contribution in [-0.4, -0.2) is 6.54 Å². The van der Waals surface area contributed by atoms with E-state index < -0.39 is 0 Å². The van der Waals surface area contributed by atoms with Gasteiger partial charge in [0.15, 0.2) is 0 Å². The van der Waals surface area contributed by atoms with Gasteiger partial charge in [-0.15, -0.1) is 0 Å². The van der Waals surface area contributed by atoms with Crippen molar-refractivity contribution in [2.24, 2.45) is 5.73 Å². The fourth-order valence-corrected chi connectivity index (χ4v) is 0.499. The van der Waals surface area contributed by atoms with Gasteiger partial charge in [0.1, 0.15) is 0 Å². The lowest BCUT2D eigenvalue weighted by molar-refractivity contribution is 0.959. The first-order valence-corrected chi connectivity index (χ1v) is 3.43. The second-order valence-electron chi connectivity index (χ2n) is 1.88. The van der Waals surface area contributed by atoms with E-state index in [0.717, 1.165) is 6.42 Å². The predicted octanol–water partition coefficient (Wildman–Crippen LogP) is 1.86. The van der Waals surface area contributed by atoms with E-state index in [9.17, 15) is 0 Å². The first-order valence-electron chi connectivity index (χ1n) is 3.43. The molecule has 0 aliphatic heterocycles. The molecule has 0 spiro atoms. The Bertz CT molecular complexity index is 92.7. The van der Waals surface area contributed by atoms with Gasteiger partial charge in [-0.3, -0.25) is 0 Å². The summed E-state index contributed by atoms with van der Waals surface area (Å²) in [4.78, 5) is 0. The second-order valence-corrected chi connectivity index (χ2v) is 1.88. The normalized spacial score (nSPS) is 11.8. The molecule has 1 nitrogen and oxygen atoms in total. The van der Waals surface area contributed by atoms with E-state index in [2.05, 4.69) is 13.0 Å². The molecule has 0 atom stereocenters. The van der Waals surface area contributed by atoms with Gasteiger partial charge in [-0.2, -0.15) is 0 Å². The molecule has 0 heterocycles. The second kappa shape index (κ2) is 7.44. The maximum Gasteiger partial charge on any atom is 0.0109 e. The molecule has 0 aromatic heterocycles. The molecule has 1 heteroatoms. The van der Waals surface area contributed by atoms with Crippen LogP contribution < -0.4 is 5.73 Å². The zero-order chi connectivity index (χ0) is 6.95. The van der Waals surface area contributed by atoms with Gasteiger partial charge < -0.3 is 5.73 Å². The van der Waals surface area contributed by atoms with Crippen molar-refractivity contribution >= 4 is 0 Å². The lowest BCUT2D eigenvalue weighted by Gasteiger charge is -1.79. The zero-order valence-electron chi connectivity index (χ0n) is 6.01. The van der Waals surface area contributed by atoms with Crippen molar-refractivity contribution in [3.8, 4) is 0 Å². The van der Waals surface area contributed by atoms with Crippen molar-refractivity contribution in [1.82, 2.24) is 0 Å². The van der Waals surface area contributed by atoms with Crippen LogP contribution in [0.2, 0.25) is 0 Å². The van der Waals surface area contributed by atoms with Crippen molar-refractivity contribution in [3.05, 3.63) is 24.3 Å². The number of hydrogen-bond donors (Lipinski definition) is 1. The molecule has 0 saturated heterocycles. The van der Waals surface area contributed by atoms with Gasteiger partial charge in [-0.05, 0) is 6.42 Å². The quantitative estimate of drug-likeness (QED) is 0.570. The Balaban J connectivity index is 3.13. The van der Waals surface area contributed by atoms with Gasteiger partial charge in [0.25, 0.3) is 0 Å². The lowest BCUT2D eigenvalue weighted by Crippen LogP contribution is -1.91. The van der Waals surface area contributed by atoms with Crippen LogP contribution >= 0.6 is 0 Å². The number of rotatable bonds is 4. The van der Waals surface area contributed by atoms with Crippen molar-refractivity contribution in [1.29, 1.82) is 0 Å². The van der Waals surface area contributed by atoms with E-state index >= 15 is 0 Å². The first kappa shape index (κ1) is 8.44. The van der Waals surface area contributed by atoms with Crippen molar-refractivity contribution in [2.45, 2.75) is 19.8 Å². The molecular formula is C8H15N. The summed E-state index contributed by atoms with van der Waals surface area (Å²) in [6.45, 7) is 2.80. The molecule has 0 rings (SSSR count). The molecule has 0 unspecified atom stereocenters. The fourth-order valence-electron chi connectivity index (χ4n) is 0.499. The summed E-state index contributed by atoms with van der Waals surface area (Å²) in [5, 5.41) is 0. The third-order valence-corrected chi connectivity index (χ3v) is 0.975. The number of hydrogen-bond acceptors (Lipinski definition) is 1. The van der Waals surface area contributed by atoms with Gasteiger partial charge in [0.2, 0.25) is 0 Å². The maximum absolute atomic E-state index is 5.22. The van der Waals surface area contributed by atoms with Gasteiger partial charge in [0, 0.05) is 6.54 Å². The van der Waals surface area contributed by atoms with Crippen molar-refractivity contribution < 1.29 is 0 Å². The van der Waals surface area contributed by atoms with Crippen LogP contribution in [0.15, 0.2) is 24.3 Å². The van der Waals surface area contributed by atoms with Crippen LogP contribution in [-0.2, 0) is 0 Å². The summed E-state index contributed by atoms with van der Waals surface area (Å²) in [6, 6.07) is 0. The zero-order valence-corrected chi connectivity index (χ0v) is 6.01. The molecule has 0 radical (unpaired) electrons. The topological polar surface area (TPSA) is 26.0 Å². The van der Waals surface area contributed by atoms with Gasteiger partial charge in [-0.25, -0.2) is 0 Å². The van der Waals surface area contributed by atoms with E-state index in [1.54, 1.807) is 0 Å². The maximum atomic E-state index is 5.22. The van der Waals surface area contributed by atoms with E-state index in [1.807, 2.05) is 18.2 Å². The van der Waals surface area contributed by atoms with E-state index in [-0.39, 0.29) is 0 Å². The van der Waals surface area contributed by atoms with Crippen LogP contribution in [0, 0.1) is 0 Å². The van der Waals surface area contributed by atoms with Crippen LogP contribution in [0.3, 0.4) is 0 Å². The minimum atomic E-state index is 0.635. The smallest absolute Gasteiger partial charge is 0.0109 e. The Hall–Kier alpha value is -0.560. The highest BCUT2D eigenvalue weighted by atomic mass is 14.5. The summed E-state index contributed by atoms with van der Waals surface area (Å²) in [7, 11) is 0. The molecule has 0 aromatic carbocycles. The third kappa shape index (κ3) is 7.44. The molecule has 0 aromatic rings. The van der Waals surface area contributed by atoms with Crippen LogP contribution in [0.25, 0.3) is 0 Å². The molecule has 0 saturated carbocycles. The summed E-state index contributed by atoms with van der Waals surface area (Å²) >= 11 is 0. The lowest BCUT2D eigenvalue weighted by atomic mass is 10.3. The Kier molecular flexibility index (Phi) is 6.98. The van der Waals surface area contributed by atoms with Crippen LogP contribution in [0.1, 0.15) is 19.8 Å². The Morgan fingerprint density at radius 3 is 2.44 bits per heavy atom. The van der Waals surface area contributed by atoms with Gasteiger partial charge in [0.05, 0.1) is 0 Å². The van der Waals surface area contributed by atoms with Gasteiger partial charge in [-0.1, -0.05) is 37.6 Å². The molecule has 0 aliphatic carbocycles. The highest BCUT2D eigenvalue weighted by Crippen LogP contribution is 1.87. The molecule has 0 aliphatic rings. The summed E-state index contributed by atoms with van der Waals surface area (Å²) in [5.41, 5.74) is 5.22. The van der Waals surface area contributed by atoms with E-state index in [1.165, 1.54) is 6.42 Å². The largest absolute Gasteiger partial charge is 0.327 e. The summed E-state index contributed by atoms with van der Waals surface area (Å²) in [6.07, 6.45) is 10.5. The highest BCUT2D eigenvalue weighted by molar-refractivity contribution is 5.02. The molecular weight excluding hydrogens is 110 g/mol.